The van der Waals surface area contributed by atoms with Crippen molar-refractivity contribution in [2.75, 3.05) is 6.54 Å². The Morgan fingerprint density at radius 1 is 1.39 bits per heavy atom. The van der Waals surface area contributed by atoms with Crippen molar-refractivity contribution in [3.63, 3.8) is 0 Å². The average molecular weight is 273 g/mol. The molecule has 7 nitrogen and oxygen atoms in total. The highest BCUT2D eigenvalue weighted by molar-refractivity contribution is 7.89. The van der Waals surface area contributed by atoms with E-state index >= 15 is 0 Å². The van der Waals surface area contributed by atoms with Gasteiger partial charge in [-0.05, 0) is 19.9 Å². The highest BCUT2D eigenvalue weighted by atomic mass is 32.2. The summed E-state index contributed by atoms with van der Waals surface area (Å²) >= 11 is 0. The second kappa shape index (κ2) is 5.78. The standard InChI is InChI=1S/C10H15N3O4S/c1-7(2)13-10(15)6-12-18(16,17)8-3-4-9(14)11-5-8/h3-5,7,12H,6H2,1-2H3,(H,11,14)(H,13,15). The molecule has 0 aliphatic heterocycles. The van der Waals surface area contributed by atoms with Crippen LogP contribution in [0.2, 0.25) is 0 Å². The van der Waals surface area contributed by atoms with E-state index in [4.69, 9.17) is 0 Å². The van der Waals surface area contributed by atoms with Crippen LogP contribution in [-0.4, -0.2) is 31.9 Å². The molecule has 100 valence electrons. The number of hydrogen-bond donors (Lipinski definition) is 3. The zero-order chi connectivity index (χ0) is 13.8. The van der Waals surface area contributed by atoms with Crippen LogP contribution in [0.25, 0.3) is 0 Å². The van der Waals surface area contributed by atoms with Gasteiger partial charge in [0.05, 0.1) is 11.4 Å². The summed E-state index contributed by atoms with van der Waals surface area (Å²) < 4.78 is 25.6. The topological polar surface area (TPSA) is 108 Å². The van der Waals surface area contributed by atoms with Crippen LogP contribution in [-0.2, 0) is 14.8 Å². The van der Waals surface area contributed by atoms with E-state index in [9.17, 15) is 18.0 Å². The third-order valence-electron chi connectivity index (χ3n) is 1.94. The molecule has 0 bridgehead atoms. The lowest BCUT2D eigenvalue weighted by atomic mass is 10.4. The fourth-order valence-corrected chi connectivity index (χ4v) is 2.13. The van der Waals surface area contributed by atoms with Crippen molar-refractivity contribution >= 4 is 15.9 Å². The van der Waals surface area contributed by atoms with Crippen molar-refractivity contribution in [3.8, 4) is 0 Å². The van der Waals surface area contributed by atoms with Gasteiger partial charge in [-0.3, -0.25) is 9.59 Å². The van der Waals surface area contributed by atoms with Crippen molar-refractivity contribution in [1.82, 2.24) is 15.0 Å². The molecule has 0 saturated carbocycles. The van der Waals surface area contributed by atoms with Crippen LogP contribution in [0.1, 0.15) is 13.8 Å². The van der Waals surface area contributed by atoms with Crippen molar-refractivity contribution in [1.29, 1.82) is 0 Å². The zero-order valence-corrected chi connectivity index (χ0v) is 10.9. The Bertz CT molecular complexity index is 557. The third kappa shape index (κ3) is 4.30. The van der Waals surface area contributed by atoms with E-state index in [2.05, 4.69) is 15.0 Å². The molecule has 0 unspecified atom stereocenters. The van der Waals surface area contributed by atoms with Gasteiger partial charge in [0.15, 0.2) is 0 Å². The summed E-state index contributed by atoms with van der Waals surface area (Å²) in [6, 6.07) is 2.21. The van der Waals surface area contributed by atoms with Gasteiger partial charge in [0, 0.05) is 18.3 Å². The van der Waals surface area contributed by atoms with Gasteiger partial charge in [0.2, 0.25) is 21.5 Å². The van der Waals surface area contributed by atoms with Crippen molar-refractivity contribution < 1.29 is 13.2 Å². The molecular formula is C10H15N3O4S. The van der Waals surface area contributed by atoms with Crippen LogP contribution in [0.5, 0.6) is 0 Å². The largest absolute Gasteiger partial charge is 0.353 e. The molecule has 0 aliphatic carbocycles. The molecule has 0 radical (unpaired) electrons. The number of aromatic amines is 1. The summed E-state index contributed by atoms with van der Waals surface area (Å²) in [6.45, 7) is 3.20. The van der Waals surface area contributed by atoms with Crippen LogP contribution in [0.4, 0.5) is 0 Å². The number of carbonyl (C=O) groups is 1. The van der Waals surface area contributed by atoms with Crippen LogP contribution in [0.15, 0.2) is 28.0 Å². The Labute approximate surface area is 105 Å². The zero-order valence-electron chi connectivity index (χ0n) is 10.1. The Morgan fingerprint density at radius 3 is 2.56 bits per heavy atom. The Hall–Kier alpha value is -1.67. The molecule has 8 heteroatoms. The Kier molecular flexibility index (Phi) is 4.62. The predicted molar refractivity (Wildman–Crippen MR) is 65.5 cm³/mol. The average Bonchev–Trinajstić information content (AvgIpc) is 2.26. The summed E-state index contributed by atoms with van der Waals surface area (Å²) in [5, 5.41) is 2.55. The lowest BCUT2D eigenvalue weighted by molar-refractivity contribution is -0.120. The molecule has 0 fully saturated rings. The molecule has 1 aromatic rings. The molecule has 1 aromatic heterocycles. The lowest BCUT2D eigenvalue weighted by Crippen LogP contribution is -2.39. The highest BCUT2D eigenvalue weighted by Gasteiger charge is 2.15. The molecule has 1 amide bonds. The summed E-state index contributed by atoms with van der Waals surface area (Å²) in [7, 11) is -3.79. The number of sulfonamides is 1. The molecule has 1 rings (SSSR count). The second-order valence-electron chi connectivity index (χ2n) is 3.94. The first-order chi connectivity index (χ1) is 8.31. The molecule has 0 aromatic carbocycles. The van der Waals surface area contributed by atoms with Crippen molar-refractivity contribution in [2.24, 2.45) is 0 Å². The maximum atomic E-state index is 11.7. The van der Waals surface area contributed by atoms with E-state index in [1.807, 2.05) is 0 Å². The minimum atomic E-state index is -3.79. The number of H-pyrrole nitrogens is 1. The normalized spacial score (nSPS) is 11.5. The van der Waals surface area contributed by atoms with Gasteiger partial charge in [-0.15, -0.1) is 0 Å². The fraction of sp³-hybridized carbons (Fsp3) is 0.400. The molecular weight excluding hydrogens is 258 g/mol. The maximum Gasteiger partial charge on any atom is 0.247 e. The highest BCUT2D eigenvalue weighted by Crippen LogP contribution is 2.02. The van der Waals surface area contributed by atoms with E-state index in [-0.39, 0.29) is 17.5 Å². The van der Waals surface area contributed by atoms with Crippen LogP contribution < -0.4 is 15.6 Å². The van der Waals surface area contributed by atoms with Crippen LogP contribution >= 0.6 is 0 Å². The number of aromatic nitrogens is 1. The number of pyridine rings is 1. The van der Waals surface area contributed by atoms with Gasteiger partial charge in [-0.2, -0.15) is 0 Å². The summed E-state index contributed by atoms with van der Waals surface area (Å²) in [5.74, 6) is -0.419. The van der Waals surface area contributed by atoms with E-state index < -0.39 is 21.5 Å². The molecule has 1 heterocycles. The lowest BCUT2D eigenvalue weighted by Gasteiger charge is -2.09. The first-order valence-electron chi connectivity index (χ1n) is 5.29. The summed E-state index contributed by atoms with van der Waals surface area (Å²) in [6.07, 6.45) is 1.07. The molecule has 18 heavy (non-hydrogen) atoms. The number of amides is 1. The van der Waals surface area contributed by atoms with Gasteiger partial charge in [0.25, 0.3) is 0 Å². The predicted octanol–water partition coefficient (Wildman–Crippen LogP) is -0.822. The third-order valence-corrected chi connectivity index (χ3v) is 3.34. The minimum absolute atomic E-state index is 0.0601. The van der Waals surface area contributed by atoms with Crippen LogP contribution in [0.3, 0.4) is 0 Å². The van der Waals surface area contributed by atoms with E-state index in [0.29, 0.717) is 0 Å². The molecule has 0 atom stereocenters. The first kappa shape index (κ1) is 14.4. The fourth-order valence-electron chi connectivity index (χ4n) is 1.18. The number of rotatable bonds is 5. The van der Waals surface area contributed by atoms with Gasteiger partial charge >= 0.3 is 0 Å². The van der Waals surface area contributed by atoms with Gasteiger partial charge in [-0.1, -0.05) is 0 Å². The molecule has 0 saturated heterocycles. The number of carbonyl (C=O) groups excluding carboxylic acids is 1. The second-order valence-corrected chi connectivity index (χ2v) is 5.70. The van der Waals surface area contributed by atoms with Crippen molar-refractivity contribution in [2.45, 2.75) is 24.8 Å². The quantitative estimate of drug-likeness (QED) is 0.651. The van der Waals surface area contributed by atoms with Gasteiger partial charge in [-0.25, -0.2) is 13.1 Å². The SMILES string of the molecule is CC(C)NC(=O)CNS(=O)(=O)c1ccc(=O)[nH]c1. The van der Waals surface area contributed by atoms with Crippen LogP contribution in [0, 0.1) is 0 Å². The number of nitrogens with one attached hydrogen (secondary N) is 3. The smallest absolute Gasteiger partial charge is 0.247 e. The molecule has 3 N–H and O–H groups in total. The Morgan fingerprint density at radius 2 is 2.06 bits per heavy atom. The molecule has 0 aliphatic rings. The minimum Gasteiger partial charge on any atom is -0.353 e. The number of hydrogen-bond acceptors (Lipinski definition) is 4. The molecule has 0 spiro atoms. The summed E-state index contributed by atoms with van der Waals surface area (Å²) in [5.41, 5.74) is -0.397. The first-order valence-corrected chi connectivity index (χ1v) is 6.77. The Balaban J connectivity index is 2.68. The monoisotopic (exact) mass is 273 g/mol. The summed E-state index contributed by atoms with van der Waals surface area (Å²) in [4.78, 5) is 24.2. The van der Waals surface area contributed by atoms with E-state index in [0.717, 1.165) is 12.3 Å². The van der Waals surface area contributed by atoms with Gasteiger partial charge < -0.3 is 10.3 Å². The van der Waals surface area contributed by atoms with E-state index in [1.54, 1.807) is 13.8 Å². The van der Waals surface area contributed by atoms with E-state index in [1.165, 1.54) is 6.07 Å². The van der Waals surface area contributed by atoms with Gasteiger partial charge in [0.1, 0.15) is 0 Å². The van der Waals surface area contributed by atoms with Crippen molar-refractivity contribution in [3.05, 3.63) is 28.7 Å². The maximum absolute atomic E-state index is 11.7.